The third-order valence-electron chi connectivity index (χ3n) is 6.98. The number of hydrogen-bond acceptors (Lipinski definition) is 6. The number of carbonyl (C=O) groups is 1. The Bertz CT molecular complexity index is 1050. The van der Waals surface area contributed by atoms with Crippen molar-refractivity contribution in [1.29, 1.82) is 0 Å². The Balaban J connectivity index is 1.42. The van der Waals surface area contributed by atoms with Crippen molar-refractivity contribution < 1.29 is 31.6 Å². The number of halogens is 4. The Morgan fingerprint density at radius 1 is 1.15 bits per heavy atom. The zero-order valence-corrected chi connectivity index (χ0v) is 18.1. The summed E-state index contributed by atoms with van der Waals surface area (Å²) < 4.78 is 63.5. The maximum atomic E-state index is 15.1. The van der Waals surface area contributed by atoms with Crippen LogP contribution >= 0.6 is 0 Å². The van der Waals surface area contributed by atoms with Gasteiger partial charge in [-0.3, -0.25) is 4.79 Å². The number of amides is 1. The average molecular weight is 468 g/mol. The summed E-state index contributed by atoms with van der Waals surface area (Å²) in [4.78, 5) is 20.9. The van der Waals surface area contributed by atoms with Crippen LogP contribution in [0.3, 0.4) is 0 Å². The van der Waals surface area contributed by atoms with Crippen molar-refractivity contribution in [3.05, 3.63) is 29.4 Å². The lowest BCUT2D eigenvalue weighted by Gasteiger charge is -2.33. The number of piperidine rings is 1. The number of rotatable bonds is 2. The van der Waals surface area contributed by atoms with Gasteiger partial charge in [-0.15, -0.1) is 0 Å². The third-order valence-corrected chi connectivity index (χ3v) is 6.98. The van der Waals surface area contributed by atoms with E-state index in [0.29, 0.717) is 5.92 Å². The molecule has 4 aliphatic rings. The van der Waals surface area contributed by atoms with Crippen LogP contribution in [0.25, 0.3) is 11.4 Å². The van der Waals surface area contributed by atoms with Crippen molar-refractivity contribution >= 4 is 5.91 Å². The summed E-state index contributed by atoms with van der Waals surface area (Å²) in [7, 11) is 0. The Kier molecular flexibility index (Phi) is 5.54. The van der Waals surface area contributed by atoms with Crippen molar-refractivity contribution in [3.63, 3.8) is 0 Å². The molecule has 1 aromatic carbocycles. The zero-order chi connectivity index (χ0) is 23.3. The van der Waals surface area contributed by atoms with Gasteiger partial charge in [-0.25, -0.2) is 4.39 Å². The first-order valence-corrected chi connectivity index (χ1v) is 11.1. The number of fused-ring (bicyclic) bond motifs is 5. The third kappa shape index (κ3) is 4.18. The van der Waals surface area contributed by atoms with Crippen molar-refractivity contribution in [1.82, 2.24) is 19.9 Å². The molecule has 4 aliphatic heterocycles. The second-order valence-electron chi connectivity index (χ2n) is 9.06. The molecular weight excluding hydrogens is 444 g/mol. The highest BCUT2D eigenvalue weighted by atomic mass is 19.4. The maximum absolute atomic E-state index is 15.1. The van der Waals surface area contributed by atoms with E-state index >= 15 is 4.39 Å². The van der Waals surface area contributed by atoms with Crippen molar-refractivity contribution in [2.75, 3.05) is 26.2 Å². The molecule has 6 rings (SSSR count). The number of aromatic nitrogens is 2. The number of alkyl halides is 3. The van der Waals surface area contributed by atoms with Crippen molar-refractivity contribution in [2.24, 2.45) is 11.8 Å². The number of nitrogens with zero attached hydrogens (tertiary/aromatic N) is 4. The number of carbonyl (C=O) groups excluding carboxylic acids is 1. The smallest absolute Gasteiger partial charge is 0.471 e. The summed E-state index contributed by atoms with van der Waals surface area (Å²) in [5.41, 5.74) is 0.199. The SMILES string of the molecule is C[C@H]1COc2cc(-c3noc(C(F)(F)F)n3)cc(F)c2CN1C(=O)[C@H]1CCN2CCC1CC2. The highest BCUT2D eigenvalue weighted by Gasteiger charge is 2.40. The Hall–Kier alpha value is -2.69. The van der Waals surface area contributed by atoms with Gasteiger partial charge in [0.25, 0.3) is 0 Å². The molecule has 1 amide bonds. The lowest BCUT2D eigenvalue weighted by atomic mass is 9.83. The van der Waals surface area contributed by atoms with Crippen LogP contribution in [-0.4, -0.2) is 58.1 Å². The summed E-state index contributed by atoms with van der Waals surface area (Å²) in [5, 5.41) is 3.32. The van der Waals surface area contributed by atoms with E-state index in [1.54, 1.807) is 4.90 Å². The van der Waals surface area contributed by atoms with Gasteiger partial charge in [0.1, 0.15) is 18.2 Å². The fourth-order valence-corrected chi connectivity index (χ4v) is 5.07. The van der Waals surface area contributed by atoms with Crippen LogP contribution < -0.4 is 4.74 Å². The highest BCUT2D eigenvalue weighted by molar-refractivity contribution is 5.80. The van der Waals surface area contributed by atoms with Crippen LogP contribution in [0.5, 0.6) is 5.75 Å². The van der Waals surface area contributed by atoms with E-state index in [0.717, 1.165) is 45.0 Å². The van der Waals surface area contributed by atoms with Crippen LogP contribution in [-0.2, 0) is 17.5 Å². The zero-order valence-electron chi connectivity index (χ0n) is 18.1. The number of benzene rings is 1. The van der Waals surface area contributed by atoms with E-state index in [9.17, 15) is 18.0 Å². The van der Waals surface area contributed by atoms with Crippen molar-refractivity contribution in [2.45, 2.75) is 44.9 Å². The molecule has 33 heavy (non-hydrogen) atoms. The van der Waals surface area contributed by atoms with Gasteiger partial charge in [-0.2, -0.15) is 18.2 Å². The molecule has 1 aromatic heterocycles. The highest BCUT2D eigenvalue weighted by Crippen LogP contribution is 2.37. The van der Waals surface area contributed by atoms with Crippen LogP contribution in [0.4, 0.5) is 17.6 Å². The minimum atomic E-state index is -4.80. The first-order chi connectivity index (χ1) is 15.7. The molecule has 2 bridgehead atoms. The van der Waals surface area contributed by atoms with Crippen LogP contribution in [0.15, 0.2) is 16.7 Å². The lowest BCUT2D eigenvalue weighted by Crippen LogP contribution is -2.45. The van der Waals surface area contributed by atoms with Crippen LogP contribution in [0.1, 0.15) is 37.6 Å². The predicted octanol–water partition coefficient (Wildman–Crippen LogP) is 3.74. The molecule has 2 atom stereocenters. The molecule has 11 heteroatoms. The summed E-state index contributed by atoms with van der Waals surface area (Å²) >= 11 is 0. The molecule has 7 nitrogen and oxygen atoms in total. The summed E-state index contributed by atoms with van der Waals surface area (Å²) in [6.45, 7) is 4.96. The Labute approximate surface area is 187 Å². The molecule has 3 saturated heterocycles. The normalized spacial score (nSPS) is 27.5. The van der Waals surface area contributed by atoms with Crippen LogP contribution in [0.2, 0.25) is 0 Å². The molecule has 3 fully saturated rings. The quantitative estimate of drug-likeness (QED) is 0.626. The summed E-state index contributed by atoms with van der Waals surface area (Å²) in [5.74, 6) is -2.16. The molecule has 0 unspecified atom stereocenters. The van der Waals surface area contributed by atoms with Gasteiger partial charge in [0.05, 0.1) is 12.6 Å². The predicted molar refractivity (Wildman–Crippen MR) is 107 cm³/mol. The minimum absolute atomic E-state index is 0.00717. The van der Waals surface area contributed by atoms with Gasteiger partial charge < -0.3 is 19.1 Å². The summed E-state index contributed by atoms with van der Waals surface area (Å²) in [6.07, 6.45) is -2.01. The van der Waals surface area contributed by atoms with Crippen molar-refractivity contribution in [3.8, 4) is 17.1 Å². The van der Waals surface area contributed by atoms with Gasteiger partial charge in [0, 0.05) is 17.0 Å². The lowest BCUT2D eigenvalue weighted by molar-refractivity contribution is -0.159. The molecule has 5 heterocycles. The first-order valence-electron chi connectivity index (χ1n) is 11.1. The molecular formula is C22H24F4N4O3. The maximum Gasteiger partial charge on any atom is 0.471 e. The topological polar surface area (TPSA) is 71.7 Å². The Morgan fingerprint density at radius 3 is 2.58 bits per heavy atom. The first kappa shape index (κ1) is 22.1. The minimum Gasteiger partial charge on any atom is -0.491 e. The van der Waals surface area contributed by atoms with E-state index in [4.69, 9.17) is 4.74 Å². The largest absolute Gasteiger partial charge is 0.491 e. The van der Waals surface area contributed by atoms with E-state index in [1.807, 2.05) is 6.92 Å². The van der Waals surface area contributed by atoms with Gasteiger partial charge in [-0.05, 0) is 63.9 Å². The van der Waals surface area contributed by atoms with Gasteiger partial charge in [0.15, 0.2) is 0 Å². The average Bonchev–Trinajstić information content (AvgIpc) is 3.00. The second-order valence-corrected chi connectivity index (χ2v) is 9.06. The Morgan fingerprint density at radius 2 is 1.88 bits per heavy atom. The fourth-order valence-electron chi connectivity index (χ4n) is 5.07. The number of hydrogen-bond donors (Lipinski definition) is 0. The second kappa shape index (κ2) is 8.27. The van der Waals surface area contributed by atoms with E-state index in [2.05, 4.69) is 19.6 Å². The van der Waals surface area contributed by atoms with E-state index < -0.39 is 17.9 Å². The fraction of sp³-hybridized carbons (Fsp3) is 0.591. The summed E-state index contributed by atoms with van der Waals surface area (Å²) in [6, 6.07) is 2.16. The molecule has 0 radical (unpaired) electrons. The van der Waals surface area contributed by atoms with Gasteiger partial charge in [0.2, 0.25) is 11.7 Å². The molecule has 0 aliphatic carbocycles. The molecule has 0 saturated carbocycles. The standard InChI is InChI=1S/C22H24F4N4O3/c1-12-11-32-18-9-14(19-27-21(33-28-19)22(24,25)26)8-17(23)16(18)10-30(12)20(31)15-4-7-29-5-2-13(15)3-6-29/h8-9,12-13,15H,2-7,10-11H2,1H3/t12-,15-/m0/s1. The van der Waals surface area contributed by atoms with Crippen LogP contribution in [0, 0.1) is 17.7 Å². The monoisotopic (exact) mass is 468 g/mol. The van der Waals surface area contributed by atoms with E-state index in [-0.39, 0.29) is 53.7 Å². The molecule has 0 spiro atoms. The van der Waals surface area contributed by atoms with Gasteiger partial charge >= 0.3 is 12.1 Å². The van der Waals surface area contributed by atoms with Gasteiger partial charge in [-0.1, -0.05) is 5.16 Å². The molecule has 178 valence electrons. The molecule has 0 N–H and O–H groups in total. The van der Waals surface area contributed by atoms with E-state index in [1.165, 1.54) is 6.07 Å². The number of ether oxygens (including phenoxy) is 1. The molecule has 2 aromatic rings.